The number of ether oxygens (including phenoxy) is 1. The Morgan fingerprint density at radius 3 is 2.26 bits per heavy atom. The van der Waals surface area contributed by atoms with Gasteiger partial charge in [-0.1, -0.05) is 0 Å². The highest BCUT2D eigenvalue weighted by molar-refractivity contribution is 5.67. The van der Waals surface area contributed by atoms with Crippen molar-refractivity contribution in [3.05, 3.63) is 28.6 Å². The van der Waals surface area contributed by atoms with Gasteiger partial charge in [-0.05, 0) is 50.5 Å². The van der Waals surface area contributed by atoms with Gasteiger partial charge in [0.1, 0.15) is 11.6 Å². The molecule has 0 aliphatic rings. The zero-order valence-electron chi connectivity index (χ0n) is 11.9. The molecular formula is C14H18N4O. The standard InChI is InChI=1S/C14H18N4O/c1-7-6-11(8(2)9(3)12(7)19-5)13-16-10(4)17-14(15)18-13/h6H,1-5H3,(H2,15,16,17,18). The molecule has 0 bridgehead atoms. The average molecular weight is 258 g/mol. The molecule has 5 heteroatoms. The van der Waals surface area contributed by atoms with Gasteiger partial charge in [-0.25, -0.2) is 4.98 Å². The highest BCUT2D eigenvalue weighted by Crippen LogP contribution is 2.32. The van der Waals surface area contributed by atoms with Crippen LogP contribution in [0.3, 0.4) is 0 Å². The van der Waals surface area contributed by atoms with Gasteiger partial charge in [0.25, 0.3) is 0 Å². The number of nitrogens with two attached hydrogens (primary N) is 1. The predicted molar refractivity (Wildman–Crippen MR) is 75.2 cm³/mol. The number of hydrogen-bond donors (Lipinski definition) is 1. The SMILES string of the molecule is COc1c(C)cc(-c2nc(C)nc(N)n2)c(C)c1C. The zero-order chi connectivity index (χ0) is 14.2. The summed E-state index contributed by atoms with van der Waals surface area (Å²) in [6.07, 6.45) is 0. The lowest BCUT2D eigenvalue weighted by Crippen LogP contribution is -2.04. The van der Waals surface area contributed by atoms with Crippen molar-refractivity contribution in [2.24, 2.45) is 0 Å². The predicted octanol–water partition coefficient (Wildman–Crippen LogP) is 2.36. The molecule has 1 aromatic heterocycles. The first-order valence-electron chi connectivity index (χ1n) is 6.07. The summed E-state index contributed by atoms with van der Waals surface area (Å²) in [5.74, 6) is 2.37. The van der Waals surface area contributed by atoms with E-state index in [0.717, 1.165) is 28.0 Å². The molecule has 0 atom stereocenters. The summed E-state index contributed by atoms with van der Waals surface area (Å²) in [7, 11) is 1.68. The third kappa shape index (κ3) is 2.36. The van der Waals surface area contributed by atoms with Crippen LogP contribution < -0.4 is 10.5 Å². The lowest BCUT2D eigenvalue weighted by Gasteiger charge is -2.15. The number of anilines is 1. The van der Waals surface area contributed by atoms with E-state index in [9.17, 15) is 0 Å². The maximum atomic E-state index is 5.69. The van der Waals surface area contributed by atoms with Gasteiger partial charge in [0, 0.05) is 5.56 Å². The largest absolute Gasteiger partial charge is 0.496 e. The minimum atomic E-state index is 0.244. The summed E-state index contributed by atoms with van der Waals surface area (Å²) in [5.41, 5.74) is 9.89. The minimum absolute atomic E-state index is 0.244. The Bertz CT molecular complexity index is 618. The van der Waals surface area contributed by atoms with Crippen LogP contribution >= 0.6 is 0 Å². The van der Waals surface area contributed by atoms with E-state index in [-0.39, 0.29) is 5.95 Å². The number of nitrogens with zero attached hydrogens (tertiary/aromatic N) is 3. The Hall–Kier alpha value is -2.17. The molecule has 2 aromatic rings. The molecule has 0 radical (unpaired) electrons. The summed E-state index contributed by atoms with van der Waals surface area (Å²) in [4.78, 5) is 12.6. The summed E-state index contributed by atoms with van der Waals surface area (Å²) in [6, 6.07) is 2.02. The zero-order valence-corrected chi connectivity index (χ0v) is 11.9. The molecule has 0 saturated heterocycles. The molecule has 19 heavy (non-hydrogen) atoms. The van der Waals surface area contributed by atoms with Crippen molar-refractivity contribution in [1.82, 2.24) is 15.0 Å². The van der Waals surface area contributed by atoms with Crippen LogP contribution in [0.15, 0.2) is 6.07 Å². The maximum absolute atomic E-state index is 5.69. The van der Waals surface area contributed by atoms with Crippen LogP contribution in [0.2, 0.25) is 0 Å². The molecule has 0 fully saturated rings. The normalized spacial score (nSPS) is 10.6. The lowest BCUT2D eigenvalue weighted by atomic mass is 9.98. The molecule has 0 amide bonds. The fourth-order valence-electron chi connectivity index (χ4n) is 2.23. The molecule has 2 N–H and O–H groups in total. The third-order valence-electron chi connectivity index (χ3n) is 3.24. The van der Waals surface area contributed by atoms with Gasteiger partial charge < -0.3 is 10.5 Å². The van der Waals surface area contributed by atoms with Crippen molar-refractivity contribution in [2.45, 2.75) is 27.7 Å². The molecule has 100 valence electrons. The second-order valence-electron chi connectivity index (χ2n) is 4.59. The Morgan fingerprint density at radius 1 is 1.00 bits per heavy atom. The van der Waals surface area contributed by atoms with Crippen LogP contribution in [0.4, 0.5) is 5.95 Å². The van der Waals surface area contributed by atoms with E-state index in [1.54, 1.807) is 14.0 Å². The first-order valence-corrected chi connectivity index (χ1v) is 6.07. The highest BCUT2D eigenvalue weighted by Gasteiger charge is 2.14. The smallest absolute Gasteiger partial charge is 0.223 e. The van der Waals surface area contributed by atoms with Gasteiger partial charge in [-0.3, -0.25) is 0 Å². The van der Waals surface area contributed by atoms with Gasteiger partial charge in [0.15, 0.2) is 5.82 Å². The van der Waals surface area contributed by atoms with Crippen molar-refractivity contribution >= 4 is 5.95 Å². The fraction of sp³-hybridized carbons (Fsp3) is 0.357. The summed E-state index contributed by atoms with van der Waals surface area (Å²) in [5, 5.41) is 0. The van der Waals surface area contributed by atoms with Gasteiger partial charge in [0.05, 0.1) is 7.11 Å². The van der Waals surface area contributed by atoms with E-state index in [4.69, 9.17) is 10.5 Å². The van der Waals surface area contributed by atoms with E-state index in [0.29, 0.717) is 11.6 Å². The number of rotatable bonds is 2. The van der Waals surface area contributed by atoms with Crippen molar-refractivity contribution in [3.8, 4) is 17.1 Å². The van der Waals surface area contributed by atoms with E-state index in [2.05, 4.69) is 15.0 Å². The first-order chi connectivity index (χ1) is 8.93. The average Bonchev–Trinajstić information content (AvgIpc) is 2.33. The van der Waals surface area contributed by atoms with E-state index in [1.807, 2.05) is 26.8 Å². The van der Waals surface area contributed by atoms with Crippen LogP contribution in [0.1, 0.15) is 22.5 Å². The first kappa shape index (κ1) is 13.3. The van der Waals surface area contributed by atoms with Crippen LogP contribution in [-0.4, -0.2) is 22.1 Å². The number of nitrogen functional groups attached to an aromatic ring is 1. The molecule has 2 rings (SSSR count). The third-order valence-corrected chi connectivity index (χ3v) is 3.24. The maximum Gasteiger partial charge on any atom is 0.223 e. The Labute approximate surface area is 112 Å². The van der Waals surface area contributed by atoms with Gasteiger partial charge >= 0.3 is 0 Å². The Morgan fingerprint density at radius 2 is 1.68 bits per heavy atom. The van der Waals surface area contributed by atoms with Crippen molar-refractivity contribution < 1.29 is 4.74 Å². The van der Waals surface area contributed by atoms with Crippen LogP contribution in [0.5, 0.6) is 5.75 Å². The number of methoxy groups -OCH3 is 1. The quantitative estimate of drug-likeness (QED) is 0.895. The number of benzene rings is 1. The highest BCUT2D eigenvalue weighted by atomic mass is 16.5. The van der Waals surface area contributed by atoms with Crippen molar-refractivity contribution in [3.63, 3.8) is 0 Å². The topological polar surface area (TPSA) is 73.9 Å². The summed E-state index contributed by atoms with van der Waals surface area (Å²) < 4.78 is 5.42. The monoisotopic (exact) mass is 258 g/mol. The van der Waals surface area contributed by atoms with Crippen LogP contribution in [0, 0.1) is 27.7 Å². The van der Waals surface area contributed by atoms with Crippen molar-refractivity contribution in [1.29, 1.82) is 0 Å². The molecular weight excluding hydrogens is 240 g/mol. The molecule has 0 unspecified atom stereocenters. The molecule has 1 aromatic carbocycles. The molecule has 0 aliphatic heterocycles. The van der Waals surface area contributed by atoms with E-state index < -0.39 is 0 Å². The van der Waals surface area contributed by atoms with Gasteiger partial charge in [-0.2, -0.15) is 9.97 Å². The van der Waals surface area contributed by atoms with Gasteiger partial charge in [0.2, 0.25) is 5.95 Å². The second kappa shape index (κ2) is 4.84. The van der Waals surface area contributed by atoms with Gasteiger partial charge in [-0.15, -0.1) is 0 Å². The minimum Gasteiger partial charge on any atom is -0.496 e. The van der Waals surface area contributed by atoms with Crippen molar-refractivity contribution in [2.75, 3.05) is 12.8 Å². The number of hydrogen-bond acceptors (Lipinski definition) is 5. The molecule has 5 nitrogen and oxygen atoms in total. The number of aryl methyl sites for hydroxylation is 2. The molecule has 0 spiro atoms. The van der Waals surface area contributed by atoms with E-state index in [1.165, 1.54) is 0 Å². The van der Waals surface area contributed by atoms with E-state index >= 15 is 0 Å². The van der Waals surface area contributed by atoms with Crippen LogP contribution in [-0.2, 0) is 0 Å². The second-order valence-corrected chi connectivity index (χ2v) is 4.59. The summed E-state index contributed by atoms with van der Waals surface area (Å²) >= 11 is 0. The molecule has 0 aliphatic carbocycles. The summed E-state index contributed by atoms with van der Waals surface area (Å²) in [6.45, 7) is 7.87. The lowest BCUT2D eigenvalue weighted by molar-refractivity contribution is 0.408. The number of aromatic nitrogens is 3. The van der Waals surface area contributed by atoms with Crippen LogP contribution in [0.25, 0.3) is 11.4 Å². The molecule has 1 heterocycles. The Kier molecular flexibility index (Phi) is 3.38. The fourth-order valence-corrected chi connectivity index (χ4v) is 2.23. The molecule has 0 saturated carbocycles. The Balaban J connectivity index is 2.69.